The van der Waals surface area contributed by atoms with Crippen LogP contribution in [0.2, 0.25) is 0 Å². The Labute approximate surface area is 146 Å². The molecule has 2 rings (SSSR count). The molecule has 1 atom stereocenters. The SMILES string of the molecule is Cc1nn(C)c(C(=O)NC(C)c2ccc(C(C)(C)C)cc2)c1Br. The molecule has 0 aliphatic heterocycles. The van der Waals surface area contributed by atoms with Gasteiger partial charge in [-0.1, -0.05) is 45.0 Å². The number of carbonyl (C=O) groups is 1. The van der Waals surface area contributed by atoms with Crippen LogP contribution in [0.15, 0.2) is 28.7 Å². The summed E-state index contributed by atoms with van der Waals surface area (Å²) in [4.78, 5) is 12.5. The van der Waals surface area contributed by atoms with Gasteiger partial charge in [-0.25, -0.2) is 0 Å². The normalized spacial score (nSPS) is 13.0. The fourth-order valence-corrected chi connectivity index (χ4v) is 3.02. The zero-order chi connectivity index (χ0) is 17.4. The van der Waals surface area contributed by atoms with E-state index in [1.54, 1.807) is 11.7 Å². The van der Waals surface area contributed by atoms with Gasteiger partial charge in [-0.3, -0.25) is 9.48 Å². The van der Waals surface area contributed by atoms with Crippen molar-refractivity contribution in [3.05, 3.63) is 51.3 Å². The quantitative estimate of drug-likeness (QED) is 0.867. The van der Waals surface area contributed by atoms with Gasteiger partial charge in [-0.05, 0) is 46.3 Å². The van der Waals surface area contributed by atoms with Crippen LogP contribution in [0.25, 0.3) is 0 Å². The van der Waals surface area contributed by atoms with Crippen LogP contribution < -0.4 is 5.32 Å². The zero-order valence-corrected chi connectivity index (χ0v) is 16.2. The van der Waals surface area contributed by atoms with E-state index in [2.05, 4.69) is 71.4 Å². The maximum absolute atomic E-state index is 12.5. The number of rotatable bonds is 3. The van der Waals surface area contributed by atoms with E-state index in [9.17, 15) is 4.79 Å². The molecule has 23 heavy (non-hydrogen) atoms. The molecule has 0 saturated carbocycles. The highest BCUT2D eigenvalue weighted by molar-refractivity contribution is 9.10. The number of nitrogens with one attached hydrogen (secondary N) is 1. The van der Waals surface area contributed by atoms with Gasteiger partial charge < -0.3 is 5.32 Å². The predicted molar refractivity (Wildman–Crippen MR) is 96.7 cm³/mol. The van der Waals surface area contributed by atoms with Gasteiger partial charge in [-0.15, -0.1) is 0 Å². The summed E-state index contributed by atoms with van der Waals surface area (Å²) < 4.78 is 2.34. The molecular weight excluding hydrogens is 354 g/mol. The van der Waals surface area contributed by atoms with Gasteiger partial charge in [0.25, 0.3) is 5.91 Å². The van der Waals surface area contributed by atoms with Crippen molar-refractivity contribution in [3.63, 3.8) is 0 Å². The van der Waals surface area contributed by atoms with E-state index in [4.69, 9.17) is 0 Å². The topological polar surface area (TPSA) is 46.9 Å². The highest BCUT2D eigenvalue weighted by atomic mass is 79.9. The average Bonchev–Trinajstić information content (AvgIpc) is 2.71. The Balaban J connectivity index is 2.15. The van der Waals surface area contributed by atoms with E-state index in [-0.39, 0.29) is 17.4 Å². The molecule has 0 bridgehead atoms. The van der Waals surface area contributed by atoms with Crippen molar-refractivity contribution in [2.24, 2.45) is 7.05 Å². The van der Waals surface area contributed by atoms with Crippen LogP contribution in [-0.2, 0) is 12.5 Å². The number of hydrogen-bond acceptors (Lipinski definition) is 2. The summed E-state index contributed by atoms with van der Waals surface area (Å²) in [7, 11) is 1.77. The fraction of sp³-hybridized carbons (Fsp3) is 0.444. The molecule has 1 aromatic carbocycles. The van der Waals surface area contributed by atoms with Crippen molar-refractivity contribution in [3.8, 4) is 0 Å². The number of benzene rings is 1. The van der Waals surface area contributed by atoms with Crippen molar-refractivity contribution < 1.29 is 4.79 Å². The summed E-state index contributed by atoms with van der Waals surface area (Å²) >= 11 is 3.43. The summed E-state index contributed by atoms with van der Waals surface area (Å²) in [5.41, 5.74) is 3.84. The van der Waals surface area contributed by atoms with Crippen molar-refractivity contribution in [1.29, 1.82) is 0 Å². The molecular formula is C18H24BrN3O. The third-order valence-corrected chi connectivity index (χ3v) is 4.94. The number of halogens is 1. The van der Waals surface area contributed by atoms with E-state index >= 15 is 0 Å². The van der Waals surface area contributed by atoms with Crippen molar-refractivity contribution >= 4 is 21.8 Å². The lowest BCUT2D eigenvalue weighted by Gasteiger charge is -2.20. The van der Waals surface area contributed by atoms with E-state index in [0.29, 0.717) is 5.69 Å². The van der Waals surface area contributed by atoms with Crippen LogP contribution in [0.4, 0.5) is 0 Å². The highest BCUT2D eigenvalue weighted by Gasteiger charge is 2.20. The average molecular weight is 378 g/mol. The lowest BCUT2D eigenvalue weighted by Crippen LogP contribution is -2.28. The molecule has 1 heterocycles. The molecule has 0 saturated heterocycles. The van der Waals surface area contributed by atoms with Gasteiger partial charge in [-0.2, -0.15) is 5.10 Å². The van der Waals surface area contributed by atoms with E-state index < -0.39 is 0 Å². The Bertz CT molecular complexity index is 711. The molecule has 5 heteroatoms. The van der Waals surface area contributed by atoms with Crippen LogP contribution in [0.3, 0.4) is 0 Å². The van der Waals surface area contributed by atoms with Crippen molar-refractivity contribution in [2.75, 3.05) is 0 Å². The molecule has 2 aromatic rings. The molecule has 0 aliphatic rings. The molecule has 0 radical (unpaired) electrons. The predicted octanol–water partition coefficient (Wildman–Crippen LogP) is 4.28. The summed E-state index contributed by atoms with van der Waals surface area (Å²) in [5, 5.41) is 7.30. The van der Waals surface area contributed by atoms with Crippen LogP contribution in [0.5, 0.6) is 0 Å². The molecule has 1 aromatic heterocycles. The summed E-state index contributed by atoms with van der Waals surface area (Å²) in [6.07, 6.45) is 0. The van der Waals surface area contributed by atoms with Gasteiger partial charge in [0.2, 0.25) is 0 Å². The molecule has 1 amide bonds. The van der Waals surface area contributed by atoms with E-state index in [0.717, 1.165) is 15.7 Å². The van der Waals surface area contributed by atoms with Crippen molar-refractivity contribution in [1.82, 2.24) is 15.1 Å². The second-order valence-corrected chi connectivity index (χ2v) is 7.73. The first-order chi connectivity index (χ1) is 10.6. The van der Waals surface area contributed by atoms with Gasteiger partial charge in [0, 0.05) is 7.05 Å². The molecule has 0 spiro atoms. The van der Waals surface area contributed by atoms with Crippen molar-refractivity contribution in [2.45, 2.75) is 46.1 Å². The molecule has 4 nitrogen and oxygen atoms in total. The Morgan fingerprint density at radius 2 is 1.83 bits per heavy atom. The first kappa shape index (κ1) is 17.7. The van der Waals surface area contributed by atoms with E-state index in [1.165, 1.54) is 5.56 Å². The molecule has 0 aliphatic carbocycles. The number of hydrogen-bond donors (Lipinski definition) is 1. The lowest BCUT2D eigenvalue weighted by molar-refractivity contribution is 0.0929. The maximum atomic E-state index is 12.5. The van der Waals surface area contributed by atoms with E-state index in [1.807, 2.05) is 13.8 Å². The minimum Gasteiger partial charge on any atom is -0.344 e. The number of aromatic nitrogens is 2. The monoisotopic (exact) mass is 377 g/mol. The largest absolute Gasteiger partial charge is 0.344 e. The van der Waals surface area contributed by atoms with Crippen LogP contribution in [-0.4, -0.2) is 15.7 Å². The molecule has 124 valence electrons. The molecule has 1 N–H and O–H groups in total. The van der Waals surface area contributed by atoms with Gasteiger partial charge in [0.15, 0.2) is 0 Å². The minimum atomic E-state index is -0.132. The lowest BCUT2D eigenvalue weighted by atomic mass is 9.86. The third-order valence-electron chi connectivity index (χ3n) is 3.99. The summed E-state index contributed by atoms with van der Waals surface area (Å²) in [5.74, 6) is -0.132. The second kappa shape index (κ2) is 6.48. The first-order valence-corrected chi connectivity index (χ1v) is 8.51. The van der Waals surface area contributed by atoms with Crippen LogP contribution in [0, 0.1) is 6.92 Å². The van der Waals surface area contributed by atoms with Gasteiger partial charge in [0.05, 0.1) is 16.2 Å². The summed E-state index contributed by atoms with van der Waals surface area (Å²) in [6.45, 7) is 10.4. The number of aryl methyl sites for hydroxylation is 2. The smallest absolute Gasteiger partial charge is 0.271 e. The Morgan fingerprint density at radius 1 is 1.26 bits per heavy atom. The summed E-state index contributed by atoms with van der Waals surface area (Å²) in [6, 6.07) is 8.34. The standard InChI is InChI=1S/C18H24BrN3O/c1-11(13-7-9-14(10-8-13)18(3,4)5)20-17(23)16-15(19)12(2)21-22(16)6/h7-11H,1-6H3,(H,20,23). The molecule has 0 fully saturated rings. The Morgan fingerprint density at radius 3 is 2.26 bits per heavy atom. The second-order valence-electron chi connectivity index (χ2n) is 6.94. The fourth-order valence-electron chi connectivity index (χ4n) is 2.50. The number of carbonyl (C=O) groups excluding carboxylic acids is 1. The minimum absolute atomic E-state index is 0.0707. The van der Waals surface area contributed by atoms with Gasteiger partial charge in [0.1, 0.15) is 5.69 Å². The van der Waals surface area contributed by atoms with Gasteiger partial charge >= 0.3 is 0 Å². The Kier molecular flexibility index (Phi) is 4.99. The highest BCUT2D eigenvalue weighted by Crippen LogP contribution is 2.25. The number of amides is 1. The maximum Gasteiger partial charge on any atom is 0.271 e. The first-order valence-electron chi connectivity index (χ1n) is 7.71. The molecule has 1 unspecified atom stereocenters. The van der Waals surface area contributed by atoms with Crippen LogP contribution >= 0.6 is 15.9 Å². The third kappa shape index (κ3) is 3.83. The Hall–Kier alpha value is -1.62. The number of nitrogens with zero attached hydrogens (tertiary/aromatic N) is 2. The van der Waals surface area contributed by atoms with Crippen LogP contribution in [0.1, 0.15) is 61.0 Å². The zero-order valence-electron chi connectivity index (χ0n) is 14.6.